The average Bonchev–Trinajstić information content (AvgIpc) is 2.01. The Morgan fingerprint density at radius 1 is 1.55 bits per heavy atom. The highest BCUT2D eigenvalue weighted by Gasteiger charge is 2.24. The van der Waals surface area contributed by atoms with E-state index in [1.165, 1.54) is 0 Å². The summed E-state index contributed by atoms with van der Waals surface area (Å²) >= 11 is 0. The highest BCUT2D eigenvalue weighted by atomic mass is 15.2. The van der Waals surface area contributed by atoms with Crippen LogP contribution in [-0.4, -0.2) is 23.5 Å². The van der Waals surface area contributed by atoms with E-state index >= 15 is 0 Å². The molecule has 2 nitrogen and oxygen atoms in total. The van der Waals surface area contributed by atoms with E-state index in [0.29, 0.717) is 0 Å². The Morgan fingerprint density at radius 2 is 2.00 bits per heavy atom. The molecule has 0 spiro atoms. The first-order valence-corrected chi connectivity index (χ1v) is 4.08. The van der Waals surface area contributed by atoms with E-state index in [1.807, 2.05) is 14.0 Å². The van der Waals surface area contributed by atoms with Crippen LogP contribution in [0.5, 0.6) is 0 Å². The largest absolute Gasteiger partial charge is 0.286 e. The Labute approximate surface area is 69.8 Å². The molecule has 0 saturated carbocycles. The fourth-order valence-electron chi connectivity index (χ4n) is 0.860. The molecule has 0 radical (unpaired) electrons. The van der Waals surface area contributed by atoms with Crippen LogP contribution in [-0.2, 0) is 0 Å². The first-order chi connectivity index (χ1) is 4.95. The Kier molecular flexibility index (Phi) is 3.54. The van der Waals surface area contributed by atoms with E-state index in [1.54, 1.807) is 0 Å². The predicted octanol–water partition coefficient (Wildman–Crippen LogP) is 2.02. The maximum atomic E-state index is 8.67. The molecule has 0 N–H and O–H groups in total. The van der Waals surface area contributed by atoms with Gasteiger partial charge in [0.1, 0.15) is 0 Å². The van der Waals surface area contributed by atoms with E-state index in [0.717, 1.165) is 6.42 Å². The Balaban J connectivity index is 4.24. The molecule has 0 heterocycles. The van der Waals surface area contributed by atoms with Crippen molar-refractivity contribution >= 4 is 0 Å². The quantitative estimate of drug-likeness (QED) is 0.622. The number of nitrogens with zero attached hydrogens (tertiary/aromatic N) is 2. The molecular weight excluding hydrogens is 136 g/mol. The lowest BCUT2D eigenvalue weighted by Gasteiger charge is -2.36. The first-order valence-electron chi connectivity index (χ1n) is 4.08. The lowest BCUT2D eigenvalue weighted by atomic mass is 9.98. The van der Waals surface area contributed by atoms with Crippen LogP contribution in [0, 0.1) is 11.3 Å². The van der Waals surface area contributed by atoms with E-state index in [9.17, 15) is 0 Å². The molecule has 0 aromatic heterocycles. The molecule has 1 unspecified atom stereocenters. The predicted molar refractivity (Wildman–Crippen MR) is 47.2 cm³/mol. The Hall–Kier alpha value is -0.550. The molecule has 11 heavy (non-hydrogen) atoms. The zero-order chi connectivity index (χ0) is 9.07. The van der Waals surface area contributed by atoms with Crippen molar-refractivity contribution in [2.75, 3.05) is 7.05 Å². The van der Waals surface area contributed by atoms with Crippen molar-refractivity contribution in [3.05, 3.63) is 0 Å². The van der Waals surface area contributed by atoms with Crippen LogP contribution >= 0.6 is 0 Å². The molecule has 0 amide bonds. The molecule has 1 atom stereocenters. The first kappa shape index (κ1) is 10.4. The average molecular weight is 154 g/mol. The summed E-state index contributed by atoms with van der Waals surface area (Å²) in [6.07, 6.45) is 1.06. The van der Waals surface area contributed by atoms with Crippen LogP contribution in [0.25, 0.3) is 0 Å². The van der Waals surface area contributed by atoms with Gasteiger partial charge < -0.3 is 0 Å². The van der Waals surface area contributed by atoms with Crippen LogP contribution in [0.15, 0.2) is 0 Å². The Bertz CT molecular complexity index is 155. The van der Waals surface area contributed by atoms with Crippen LogP contribution in [0.3, 0.4) is 0 Å². The third-order valence-corrected chi connectivity index (χ3v) is 2.59. The lowest BCUT2D eigenvalue weighted by Crippen LogP contribution is -2.45. The van der Waals surface area contributed by atoms with Crippen molar-refractivity contribution in [3.63, 3.8) is 0 Å². The van der Waals surface area contributed by atoms with Crippen LogP contribution in [0.4, 0.5) is 0 Å². The standard InChI is InChI=1S/C9H18N2/c1-6-9(3,4)11(5)8(2)7-10/h8H,6H2,1-5H3. The van der Waals surface area contributed by atoms with Gasteiger partial charge in [0, 0.05) is 5.54 Å². The molecule has 0 aromatic rings. The number of rotatable bonds is 3. The lowest BCUT2D eigenvalue weighted by molar-refractivity contribution is 0.131. The summed E-state index contributed by atoms with van der Waals surface area (Å²) in [7, 11) is 2.00. The summed E-state index contributed by atoms with van der Waals surface area (Å²) < 4.78 is 0. The van der Waals surface area contributed by atoms with Gasteiger partial charge in [0.15, 0.2) is 0 Å². The maximum absolute atomic E-state index is 8.67. The van der Waals surface area contributed by atoms with E-state index in [4.69, 9.17) is 5.26 Å². The van der Waals surface area contributed by atoms with Crippen molar-refractivity contribution in [1.82, 2.24) is 4.90 Å². The molecule has 0 rings (SSSR count). The van der Waals surface area contributed by atoms with E-state index in [2.05, 4.69) is 31.7 Å². The summed E-state index contributed by atoms with van der Waals surface area (Å²) in [5, 5.41) is 8.67. The van der Waals surface area contributed by atoms with Gasteiger partial charge in [0.25, 0.3) is 0 Å². The number of nitriles is 1. The summed E-state index contributed by atoms with van der Waals surface area (Å²) in [4.78, 5) is 2.10. The highest BCUT2D eigenvalue weighted by molar-refractivity contribution is 4.92. The van der Waals surface area contributed by atoms with Gasteiger partial charge in [-0.2, -0.15) is 5.26 Å². The topological polar surface area (TPSA) is 27.0 Å². The second-order valence-corrected chi connectivity index (χ2v) is 3.58. The summed E-state index contributed by atoms with van der Waals surface area (Å²) in [6.45, 7) is 8.37. The van der Waals surface area contributed by atoms with Crippen LogP contribution in [0.2, 0.25) is 0 Å². The van der Waals surface area contributed by atoms with E-state index < -0.39 is 0 Å². The zero-order valence-electron chi connectivity index (χ0n) is 8.18. The van der Waals surface area contributed by atoms with Crippen LogP contribution in [0.1, 0.15) is 34.1 Å². The third-order valence-electron chi connectivity index (χ3n) is 2.59. The van der Waals surface area contributed by atoms with Crippen molar-refractivity contribution in [1.29, 1.82) is 5.26 Å². The molecule has 0 fully saturated rings. The normalized spacial score (nSPS) is 14.6. The summed E-state index contributed by atoms with van der Waals surface area (Å²) in [6, 6.07) is 2.24. The second kappa shape index (κ2) is 3.73. The molecule has 0 saturated heterocycles. The van der Waals surface area contributed by atoms with Gasteiger partial charge in [0.05, 0.1) is 12.1 Å². The van der Waals surface area contributed by atoms with Gasteiger partial charge in [-0.05, 0) is 34.2 Å². The van der Waals surface area contributed by atoms with Gasteiger partial charge in [0.2, 0.25) is 0 Å². The molecule has 0 aromatic carbocycles. The molecule has 64 valence electrons. The highest BCUT2D eigenvalue weighted by Crippen LogP contribution is 2.18. The van der Waals surface area contributed by atoms with Gasteiger partial charge in [-0.1, -0.05) is 6.92 Å². The number of hydrogen-bond acceptors (Lipinski definition) is 2. The van der Waals surface area contributed by atoms with Gasteiger partial charge in [-0.25, -0.2) is 0 Å². The molecule has 0 aliphatic heterocycles. The summed E-state index contributed by atoms with van der Waals surface area (Å²) in [5.74, 6) is 0. The minimum atomic E-state index is 0.00458. The van der Waals surface area contributed by atoms with Crippen molar-refractivity contribution < 1.29 is 0 Å². The smallest absolute Gasteiger partial charge is 0.0951 e. The Morgan fingerprint density at radius 3 is 2.27 bits per heavy atom. The van der Waals surface area contributed by atoms with Crippen molar-refractivity contribution in [3.8, 4) is 6.07 Å². The molecule has 0 aliphatic carbocycles. The maximum Gasteiger partial charge on any atom is 0.0951 e. The summed E-state index contributed by atoms with van der Waals surface area (Å²) in [5.41, 5.74) is 0.134. The van der Waals surface area contributed by atoms with Gasteiger partial charge in [-0.3, -0.25) is 4.90 Å². The minimum Gasteiger partial charge on any atom is -0.286 e. The molecule has 2 heteroatoms. The minimum absolute atomic E-state index is 0.00458. The molecular formula is C9H18N2. The van der Waals surface area contributed by atoms with Gasteiger partial charge >= 0.3 is 0 Å². The SMILES string of the molecule is CCC(C)(C)N(C)C(C)C#N. The number of hydrogen-bond donors (Lipinski definition) is 0. The van der Waals surface area contributed by atoms with Gasteiger partial charge in [-0.15, -0.1) is 0 Å². The molecule has 0 aliphatic rings. The zero-order valence-corrected chi connectivity index (χ0v) is 8.18. The second-order valence-electron chi connectivity index (χ2n) is 3.58. The monoisotopic (exact) mass is 154 g/mol. The molecule has 0 bridgehead atoms. The van der Waals surface area contributed by atoms with E-state index in [-0.39, 0.29) is 11.6 Å². The van der Waals surface area contributed by atoms with Crippen molar-refractivity contribution in [2.24, 2.45) is 0 Å². The third kappa shape index (κ3) is 2.51. The van der Waals surface area contributed by atoms with Crippen LogP contribution < -0.4 is 0 Å². The van der Waals surface area contributed by atoms with Crippen molar-refractivity contribution in [2.45, 2.75) is 45.7 Å². The fraction of sp³-hybridized carbons (Fsp3) is 0.889. The fourth-order valence-corrected chi connectivity index (χ4v) is 0.860.